The Bertz CT molecular complexity index is 493. The summed E-state index contributed by atoms with van der Waals surface area (Å²) in [7, 11) is 0. The average Bonchev–Trinajstić information content (AvgIpc) is 2.80. The topological polar surface area (TPSA) is 56.3 Å². The van der Waals surface area contributed by atoms with Crippen molar-refractivity contribution in [1.82, 2.24) is 0 Å². The van der Waals surface area contributed by atoms with E-state index in [1.165, 1.54) is 6.26 Å². The molecule has 2 rings (SSSR count). The van der Waals surface area contributed by atoms with Gasteiger partial charge in [0.15, 0.2) is 0 Å². The lowest BCUT2D eigenvalue weighted by Gasteiger charge is -2.10. The van der Waals surface area contributed by atoms with E-state index in [1.807, 2.05) is 0 Å². The van der Waals surface area contributed by atoms with E-state index in [4.69, 9.17) is 16.0 Å². The van der Waals surface area contributed by atoms with Gasteiger partial charge < -0.3 is 4.42 Å². The first-order valence-electron chi connectivity index (χ1n) is 5.07. The van der Waals surface area contributed by atoms with Gasteiger partial charge in [0.2, 0.25) is 6.54 Å². The van der Waals surface area contributed by atoms with Crippen LogP contribution in [0, 0.1) is 10.1 Å². The van der Waals surface area contributed by atoms with Crippen molar-refractivity contribution in [3.05, 3.63) is 69.1 Å². The van der Waals surface area contributed by atoms with Gasteiger partial charge in [0.25, 0.3) is 0 Å². The second-order valence-corrected chi connectivity index (χ2v) is 4.07. The molecule has 4 nitrogen and oxygen atoms in total. The van der Waals surface area contributed by atoms with Crippen LogP contribution in [0.1, 0.15) is 17.2 Å². The molecule has 0 aliphatic rings. The molecule has 1 atom stereocenters. The van der Waals surface area contributed by atoms with Gasteiger partial charge in [0, 0.05) is 9.95 Å². The van der Waals surface area contributed by atoms with E-state index in [2.05, 4.69) is 0 Å². The summed E-state index contributed by atoms with van der Waals surface area (Å²) in [5.41, 5.74) is 0.820. The third-order valence-electron chi connectivity index (χ3n) is 2.49. The van der Waals surface area contributed by atoms with Gasteiger partial charge in [-0.05, 0) is 29.8 Å². The highest BCUT2D eigenvalue weighted by molar-refractivity contribution is 6.30. The van der Waals surface area contributed by atoms with Gasteiger partial charge in [0.05, 0.1) is 6.26 Å². The zero-order valence-corrected chi connectivity index (χ0v) is 9.63. The molecule has 0 spiro atoms. The molecule has 0 amide bonds. The Morgan fingerprint density at radius 1 is 1.29 bits per heavy atom. The second-order valence-electron chi connectivity index (χ2n) is 3.63. The number of nitro groups is 1. The van der Waals surface area contributed by atoms with Crippen molar-refractivity contribution in [1.29, 1.82) is 0 Å². The summed E-state index contributed by atoms with van der Waals surface area (Å²) >= 11 is 5.79. The van der Waals surface area contributed by atoms with E-state index in [1.54, 1.807) is 36.4 Å². The fourth-order valence-corrected chi connectivity index (χ4v) is 1.82. The van der Waals surface area contributed by atoms with E-state index < -0.39 is 0 Å². The maximum Gasteiger partial charge on any atom is 0.217 e. The largest absolute Gasteiger partial charge is 0.468 e. The lowest BCUT2D eigenvalue weighted by molar-refractivity contribution is -0.482. The molecule has 17 heavy (non-hydrogen) atoms. The van der Waals surface area contributed by atoms with Gasteiger partial charge in [-0.3, -0.25) is 10.1 Å². The summed E-state index contributed by atoms with van der Waals surface area (Å²) in [5, 5.41) is 11.3. The average molecular weight is 252 g/mol. The molecule has 0 bridgehead atoms. The summed E-state index contributed by atoms with van der Waals surface area (Å²) in [5.74, 6) is 0.210. The molecule has 2 aromatic rings. The minimum atomic E-state index is -0.378. The Morgan fingerprint density at radius 2 is 2.00 bits per heavy atom. The predicted octanol–water partition coefficient (Wildman–Crippen LogP) is 3.34. The Kier molecular flexibility index (Phi) is 3.44. The standard InChI is InChI=1S/C12H10ClNO3/c13-10-5-3-9(4-6-10)11(8-14(15)16)12-2-1-7-17-12/h1-7,11H,8H2. The van der Waals surface area contributed by atoms with Gasteiger partial charge in [-0.25, -0.2) is 0 Å². The quantitative estimate of drug-likeness (QED) is 0.619. The monoisotopic (exact) mass is 251 g/mol. The molecule has 0 fully saturated rings. The number of rotatable bonds is 4. The van der Waals surface area contributed by atoms with E-state index in [-0.39, 0.29) is 17.4 Å². The van der Waals surface area contributed by atoms with Crippen LogP contribution in [0.15, 0.2) is 47.1 Å². The zero-order valence-electron chi connectivity index (χ0n) is 8.88. The van der Waals surface area contributed by atoms with E-state index in [0.717, 1.165) is 5.56 Å². The van der Waals surface area contributed by atoms with Gasteiger partial charge in [-0.1, -0.05) is 23.7 Å². The van der Waals surface area contributed by atoms with Crippen molar-refractivity contribution in [2.24, 2.45) is 0 Å². The van der Waals surface area contributed by atoms with Crippen molar-refractivity contribution in [2.45, 2.75) is 5.92 Å². The highest BCUT2D eigenvalue weighted by atomic mass is 35.5. The smallest absolute Gasteiger partial charge is 0.217 e. The molecule has 0 saturated heterocycles. The summed E-state index contributed by atoms with van der Waals surface area (Å²) in [4.78, 5) is 10.3. The summed E-state index contributed by atoms with van der Waals surface area (Å²) in [6.45, 7) is -0.199. The molecule has 0 saturated carbocycles. The van der Waals surface area contributed by atoms with E-state index in [9.17, 15) is 10.1 Å². The molecule has 88 valence electrons. The molecule has 1 heterocycles. The highest BCUT2D eigenvalue weighted by Gasteiger charge is 2.22. The Hall–Kier alpha value is -1.81. The van der Waals surface area contributed by atoms with Crippen molar-refractivity contribution < 1.29 is 9.34 Å². The van der Waals surface area contributed by atoms with Crippen molar-refractivity contribution in [3.63, 3.8) is 0 Å². The van der Waals surface area contributed by atoms with Crippen LogP contribution in [0.25, 0.3) is 0 Å². The summed E-state index contributed by atoms with van der Waals surface area (Å²) < 4.78 is 5.24. The summed E-state index contributed by atoms with van der Waals surface area (Å²) in [6.07, 6.45) is 1.51. The van der Waals surface area contributed by atoms with E-state index in [0.29, 0.717) is 10.8 Å². The fraction of sp³-hybridized carbons (Fsp3) is 0.167. The Morgan fingerprint density at radius 3 is 2.53 bits per heavy atom. The minimum Gasteiger partial charge on any atom is -0.468 e. The molecule has 1 aromatic carbocycles. The number of hydrogen-bond donors (Lipinski definition) is 0. The molecule has 0 N–H and O–H groups in total. The molecular weight excluding hydrogens is 242 g/mol. The van der Waals surface area contributed by atoms with Gasteiger partial charge >= 0.3 is 0 Å². The molecule has 0 aliphatic heterocycles. The van der Waals surface area contributed by atoms with Crippen LogP contribution in [0.4, 0.5) is 0 Å². The van der Waals surface area contributed by atoms with Gasteiger partial charge in [-0.2, -0.15) is 0 Å². The number of hydrogen-bond acceptors (Lipinski definition) is 3. The Balaban J connectivity index is 2.33. The lowest BCUT2D eigenvalue weighted by atomic mass is 9.97. The first-order chi connectivity index (χ1) is 8.16. The minimum absolute atomic E-state index is 0.199. The van der Waals surface area contributed by atoms with Crippen LogP contribution in [0.5, 0.6) is 0 Å². The van der Waals surface area contributed by atoms with Gasteiger partial charge in [-0.15, -0.1) is 0 Å². The van der Waals surface area contributed by atoms with Crippen molar-refractivity contribution in [3.8, 4) is 0 Å². The second kappa shape index (κ2) is 5.01. The normalized spacial score (nSPS) is 12.3. The van der Waals surface area contributed by atoms with Crippen LogP contribution in [-0.4, -0.2) is 11.5 Å². The number of furan rings is 1. The number of benzene rings is 1. The zero-order chi connectivity index (χ0) is 12.3. The number of halogens is 1. The molecule has 5 heteroatoms. The molecule has 1 aromatic heterocycles. The first kappa shape index (κ1) is 11.7. The molecule has 1 unspecified atom stereocenters. The lowest BCUT2D eigenvalue weighted by Crippen LogP contribution is -2.13. The third-order valence-corrected chi connectivity index (χ3v) is 2.74. The first-order valence-corrected chi connectivity index (χ1v) is 5.45. The molecule has 0 radical (unpaired) electrons. The van der Waals surface area contributed by atoms with Crippen LogP contribution in [0.3, 0.4) is 0 Å². The number of nitrogens with zero attached hydrogens (tertiary/aromatic N) is 1. The highest BCUT2D eigenvalue weighted by Crippen LogP contribution is 2.26. The van der Waals surface area contributed by atoms with Crippen LogP contribution >= 0.6 is 11.6 Å². The van der Waals surface area contributed by atoms with Crippen LogP contribution in [-0.2, 0) is 0 Å². The van der Waals surface area contributed by atoms with E-state index >= 15 is 0 Å². The van der Waals surface area contributed by atoms with Crippen molar-refractivity contribution in [2.75, 3.05) is 6.54 Å². The molecular formula is C12H10ClNO3. The maximum atomic E-state index is 10.7. The summed E-state index contributed by atoms with van der Waals surface area (Å²) in [6, 6.07) is 10.4. The van der Waals surface area contributed by atoms with Crippen LogP contribution < -0.4 is 0 Å². The Labute approximate surface area is 103 Å². The van der Waals surface area contributed by atoms with Gasteiger partial charge in [0.1, 0.15) is 11.7 Å². The van der Waals surface area contributed by atoms with Crippen LogP contribution in [0.2, 0.25) is 5.02 Å². The predicted molar refractivity (Wildman–Crippen MR) is 63.9 cm³/mol. The maximum absolute atomic E-state index is 10.7. The van der Waals surface area contributed by atoms with Crippen molar-refractivity contribution >= 4 is 11.6 Å². The molecule has 0 aliphatic carbocycles. The fourth-order valence-electron chi connectivity index (χ4n) is 1.69. The third kappa shape index (κ3) is 2.85. The SMILES string of the molecule is O=[N+]([O-])CC(c1ccc(Cl)cc1)c1ccco1.